The van der Waals surface area contributed by atoms with E-state index in [1.165, 1.54) is 12.1 Å². The highest BCUT2D eigenvalue weighted by Gasteiger charge is 2.25. The molecule has 0 aliphatic heterocycles. The van der Waals surface area contributed by atoms with E-state index in [0.29, 0.717) is 19.0 Å². The average Bonchev–Trinajstić information content (AvgIpc) is 3.17. The topological polar surface area (TPSA) is 66.4 Å². The molecule has 0 radical (unpaired) electrons. The van der Waals surface area contributed by atoms with E-state index < -0.39 is 8.07 Å². The van der Waals surface area contributed by atoms with E-state index in [9.17, 15) is 9.65 Å². The molecule has 0 aliphatic carbocycles. The van der Waals surface area contributed by atoms with E-state index in [-0.39, 0.29) is 17.9 Å². The molecule has 1 unspecified atom stereocenters. The first kappa shape index (κ1) is 26.5. The molecular formula is C25H36FN5OSi. The molecule has 6 nitrogen and oxygen atoms in total. The van der Waals surface area contributed by atoms with Gasteiger partial charge in [-0.2, -0.15) is 10.4 Å². The number of nitriles is 1. The number of nitrogens with zero attached hydrogens (tertiary/aromatic N) is 5. The molecule has 2 atom stereocenters. The molecule has 0 amide bonds. The Morgan fingerprint density at radius 3 is 2.55 bits per heavy atom. The van der Waals surface area contributed by atoms with Crippen LogP contribution in [-0.4, -0.2) is 47.7 Å². The van der Waals surface area contributed by atoms with Crippen LogP contribution in [0.15, 0.2) is 41.6 Å². The standard InChI is InChI=1S/C25H36FN5OSi/c1-8-9-25-28-17-24(16-27)31(25)21(4)20(3)30(18-32-14-15-33(5,6)7)29-19(2)22-10-12-23(26)13-11-22/h8-13,17,20-21H,14-15,18H2,1-7H3/b9-8-,29-19+/t20-,21?/m0/s1. The lowest BCUT2D eigenvalue weighted by molar-refractivity contribution is 0.00414. The largest absolute Gasteiger partial charge is 0.360 e. The van der Waals surface area contributed by atoms with Crippen molar-refractivity contribution in [3.05, 3.63) is 59.4 Å². The summed E-state index contributed by atoms with van der Waals surface area (Å²) in [5, 5.41) is 16.4. The van der Waals surface area contributed by atoms with Crippen LogP contribution < -0.4 is 0 Å². The van der Waals surface area contributed by atoms with Crippen LogP contribution in [0.2, 0.25) is 25.7 Å². The third kappa shape index (κ3) is 7.65. The lowest BCUT2D eigenvalue weighted by Gasteiger charge is -2.33. The Morgan fingerprint density at radius 1 is 1.30 bits per heavy atom. The number of hydrogen-bond acceptors (Lipinski definition) is 5. The second kappa shape index (κ2) is 11.9. The third-order valence-corrected chi connectivity index (χ3v) is 7.30. The van der Waals surface area contributed by atoms with Gasteiger partial charge in [0.1, 0.15) is 30.1 Å². The zero-order chi connectivity index (χ0) is 24.6. The summed E-state index contributed by atoms with van der Waals surface area (Å²) in [5.74, 6) is 0.452. The molecule has 178 valence electrons. The molecule has 1 aromatic carbocycles. The highest BCUT2D eigenvalue weighted by atomic mass is 28.3. The Labute approximate surface area is 198 Å². The van der Waals surface area contributed by atoms with Crippen molar-refractivity contribution >= 4 is 19.9 Å². The summed E-state index contributed by atoms with van der Waals surface area (Å²) in [6, 6.07) is 9.42. The fourth-order valence-electron chi connectivity index (χ4n) is 3.34. The van der Waals surface area contributed by atoms with Crippen LogP contribution in [-0.2, 0) is 4.74 Å². The summed E-state index contributed by atoms with van der Waals surface area (Å²) < 4.78 is 21.3. The van der Waals surface area contributed by atoms with Gasteiger partial charge in [-0.15, -0.1) is 0 Å². The van der Waals surface area contributed by atoms with Crippen LogP contribution in [0.3, 0.4) is 0 Å². The summed E-state index contributed by atoms with van der Waals surface area (Å²) in [6.07, 6.45) is 5.40. The second-order valence-electron chi connectivity index (χ2n) is 9.44. The highest BCUT2D eigenvalue weighted by molar-refractivity contribution is 6.76. The quantitative estimate of drug-likeness (QED) is 0.135. The van der Waals surface area contributed by atoms with E-state index in [2.05, 4.69) is 44.5 Å². The predicted octanol–water partition coefficient (Wildman–Crippen LogP) is 5.91. The van der Waals surface area contributed by atoms with Crippen LogP contribution >= 0.6 is 0 Å². The monoisotopic (exact) mass is 469 g/mol. The molecule has 0 saturated heterocycles. The van der Waals surface area contributed by atoms with Gasteiger partial charge in [-0.25, -0.2) is 9.37 Å². The summed E-state index contributed by atoms with van der Waals surface area (Å²) >= 11 is 0. The number of allylic oxidation sites excluding steroid dienone is 1. The van der Waals surface area contributed by atoms with Gasteiger partial charge in [0.2, 0.25) is 0 Å². The molecule has 0 fully saturated rings. The minimum Gasteiger partial charge on any atom is -0.360 e. The van der Waals surface area contributed by atoms with Gasteiger partial charge in [-0.1, -0.05) is 37.8 Å². The zero-order valence-corrected chi connectivity index (χ0v) is 21.8. The van der Waals surface area contributed by atoms with E-state index in [4.69, 9.17) is 9.84 Å². The molecular weight excluding hydrogens is 433 g/mol. The molecule has 0 N–H and O–H groups in total. The SMILES string of the molecule is C/C=C\c1ncc(C#N)n1C(C)[C@H](C)N(COCC[Si](C)(C)C)/N=C(\C)c1ccc(F)cc1. The van der Waals surface area contributed by atoms with Crippen molar-refractivity contribution in [3.8, 4) is 6.07 Å². The molecule has 8 heteroatoms. The molecule has 0 aliphatic rings. The van der Waals surface area contributed by atoms with Crippen molar-refractivity contribution in [2.24, 2.45) is 5.10 Å². The zero-order valence-electron chi connectivity index (χ0n) is 20.8. The van der Waals surface area contributed by atoms with Gasteiger partial charge in [-0.05, 0) is 57.5 Å². The fraction of sp³-hybridized carbons (Fsp3) is 0.480. The Hall–Kier alpha value is -2.76. The first-order chi connectivity index (χ1) is 15.6. The van der Waals surface area contributed by atoms with Crippen molar-refractivity contribution < 1.29 is 9.13 Å². The van der Waals surface area contributed by atoms with Gasteiger partial charge in [0.15, 0.2) is 0 Å². The number of hydrazone groups is 1. The van der Waals surface area contributed by atoms with Crippen LogP contribution in [0.1, 0.15) is 50.8 Å². The summed E-state index contributed by atoms with van der Waals surface area (Å²) in [6.45, 7) is 15.9. The van der Waals surface area contributed by atoms with Gasteiger partial charge in [0, 0.05) is 14.7 Å². The molecule has 0 saturated carbocycles. The predicted molar refractivity (Wildman–Crippen MR) is 135 cm³/mol. The maximum absolute atomic E-state index is 13.4. The van der Waals surface area contributed by atoms with E-state index in [0.717, 1.165) is 23.1 Å². The van der Waals surface area contributed by atoms with Gasteiger partial charge in [0.25, 0.3) is 0 Å². The summed E-state index contributed by atoms with van der Waals surface area (Å²) in [5.41, 5.74) is 2.11. The van der Waals surface area contributed by atoms with Crippen molar-refractivity contribution in [2.75, 3.05) is 13.3 Å². The minimum atomic E-state index is -1.21. The van der Waals surface area contributed by atoms with Crippen molar-refractivity contribution in [1.82, 2.24) is 14.6 Å². The molecule has 2 aromatic rings. The van der Waals surface area contributed by atoms with E-state index in [1.54, 1.807) is 18.3 Å². The number of halogens is 1. The van der Waals surface area contributed by atoms with Gasteiger partial charge in [-0.3, -0.25) is 5.01 Å². The number of aromatic nitrogens is 2. The maximum atomic E-state index is 13.4. The lowest BCUT2D eigenvalue weighted by atomic mass is 10.1. The first-order valence-electron chi connectivity index (χ1n) is 11.3. The van der Waals surface area contributed by atoms with Gasteiger partial charge < -0.3 is 9.30 Å². The minimum absolute atomic E-state index is 0.0984. The van der Waals surface area contributed by atoms with Crippen LogP contribution in [0.25, 0.3) is 6.08 Å². The number of imidazole rings is 1. The van der Waals surface area contributed by atoms with Crippen LogP contribution in [0.5, 0.6) is 0 Å². The van der Waals surface area contributed by atoms with E-state index in [1.807, 2.05) is 35.6 Å². The average molecular weight is 470 g/mol. The second-order valence-corrected chi connectivity index (χ2v) is 15.1. The highest BCUT2D eigenvalue weighted by Crippen LogP contribution is 2.23. The fourth-order valence-corrected chi connectivity index (χ4v) is 4.10. The Bertz CT molecular complexity index is 1000. The molecule has 2 rings (SSSR count). The van der Waals surface area contributed by atoms with Crippen molar-refractivity contribution in [3.63, 3.8) is 0 Å². The summed E-state index contributed by atoms with van der Waals surface area (Å²) in [4.78, 5) is 4.40. The number of benzene rings is 1. The lowest BCUT2D eigenvalue weighted by Crippen LogP contribution is -2.38. The Balaban J connectivity index is 2.33. The molecule has 1 aromatic heterocycles. The first-order valence-corrected chi connectivity index (χ1v) is 15.0. The smallest absolute Gasteiger partial charge is 0.140 e. The Morgan fingerprint density at radius 2 is 1.97 bits per heavy atom. The van der Waals surface area contributed by atoms with Crippen LogP contribution in [0.4, 0.5) is 4.39 Å². The van der Waals surface area contributed by atoms with Crippen molar-refractivity contribution in [2.45, 2.75) is 65.5 Å². The number of rotatable bonds is 11. The maximum Gasteiger partial charge on any atom is 0.140 e. The summed E-state index contributed by atoms with van der Waals surface area (Å²) in [7, 11) is -1.21. The van der Waals surface area contributed by atoms with E-state index >= 15 is 0 Å². The van der Waals surface area contributed by atoms with Crippen molar-refractivity contribution in [1.29, 1.82) is 5.26 Å². The molecule has 33 heavy (non-hydrogen) atoms. The Kier molecular flexibility index (Phi) is 9.56. The molecule has 0 bridgehead atoms. The molecule has 0 spiro atoms. The van der Waals surface area contributed by atoms with Gasteiger partial charge in [0.05, 0.1) is 24.0 Å². The number of ether oxygens (including phenoxy) is 1. The normalized spacial score (nSPS) is 14.3. The van der Waals surface area contributed by atoms with Gasteiger partial charge >= 0.3 is 0 Å². The third-order valence-electron chi connectivity index (χ3n) is 5.59. The molecule has 1 heterocycles. The number of hydrogen-bond donors (Lipinski definition) is 0. The van der Waals surface area contributed by atoms with Crippen LogP contribution in [0, 0.1) is 17.1 Å².